The van der Waals surface area contributed by atoms with Crippen LogP contribution in [-0.2, 0) is 4.79 Å². The van der Waals surface area contributed by atoms with Crippen molar-refractivity contribution in [2.24, 2.45) is 0 Å². The van der Waals surface area contributed by atoms with Crippen LogP contribution in [0.1, 0.15) is 31.7 Å². The molecule has 138 valence electrons. The Kier molecular flexibility index (Phi) is 4.80. The van der Waals surface area contributed by atoms with E-state index in [9.17, 15) is 4.79 Å². The van der Waals surface area contributed by atoms with Gasteiger partial charge in [-0.2, -0.15) is 0 Å². The third kappa shape index (κ3) is 3.95. The van der Waals surface area contributed by atoms with Gasteiger partial charge >= 0.3 is 0 Å². The average molecular weight is 360 g/mol. The minimum Gasteiger partial charge on any atom is -0.487 e. The Morgan fingerprint density at radius 1 is 1.11 bits per heavy atom. The first-order valence-corrected chi connectivity index (χ1v) is 9.45. The molecule has 0 radical (unpaired) electrons. The molecular weight excluding hydrogens is 336 g/mol. The van der Waals surface area contributed by atoms with Gasteiger partial charge in [-0.05, 0) is 48.7 Å². The van der Waals surface area contributed by atoms with Crippen molar-refractivity contribution in [3.05, 3.63) is 66.2 Å². The smallest absolute Gasteiger partial charge is 0.134 e. The molecule has 2 heterocycles. The third-order valence-corrected chi connectivity index (χ3v) is 5.10. The van der Waals surface area contributed by atoms with Crippen molar-refractivity contribution in [3.63, 3.8) is 0 Å². The molecular formula is C23H24N2O2. The van der Waals surface area contributed by atoms with Gasteiger partial charge in [-0.1, -0.05) is 37.3 Å². The summed E-state index contributed by atoms with van der Waals surface area (Å²) in [6.45, 7) is 5.40. The largest absolute Gasteiger partial charge is 0.487 e. The van der Waals surface area contributed by atoms with Gasteiger partial charge in [-0.15, -0.1) is 0 Å². The molecule has 0 bridgehead atoms. The van der Waals surface area contributed by atoms with Gasteiger partial charge in [-0.25, -0.2) is 4.98 Å². The van der Waals surface area contributed by atoms with E-state index in [-0.39, 0.29) is 17.8 Å². The lowest BCUT2D eigenvalue weighted by Crippen LogP contribution is -2.54. The van der Waals surface area contributed by atoms with E-state index < -0.39 is 0 Å². The van der Waals surface area contributed by atoms with Crippen molar-refractivity contribution < 1.29 is 9.53 Å². The number of hydrogen-bond donors (Lipinski definition) is 0. The first-order chi connectivity index (χ1) is 13.1. The van der Waals surface area contributed by atoms with E-state index in [1.54, 1.807) is 6.92 Å². The summed E-state index contributed by atoms with van der Waals surface area (Å²) in [6, 6.07) is 20.5. The summed E-state index contributed by atoms with van der Waals surface area (Å²) in [6.07, 6.45) is 0.759. The lowest BCUT2D eigenvalue weighted by molar-refractivity contribution is -0.117. The van der Waals surface area contributed by atoms with Crippen molar-refractivity contribution >= 4 is 22.5 Å². The topological polar surface area (TPSA) is 42.4 Å². The van der Waals surface area contributed by atoms with Gasteiger partial charge in [0.15, 0.2) is 0 Å². The Morgan fingerprint density at radius 2 is 1.85 bits per heavy atom. The second-order valence-corrected chi connectivity index (χ2v) is 7.38. The Hall–Kier alpha value is -2.88. The van der Waals surface area contributed by atoms with Gasteiger partial charge in [0.25, 0.3) is 0 Å². The van der Waals surface area contributed by atoms with Crippen molar-refractivity contribution in [2.75, 3.05) is 18.0 Å². The molecule has 0 saturated carbocycles. The van der Waals surface area contributed by atoms with Crippen LogP contribution in [0.2, 0.25) is 0 Å². The van der Waals surface area contributed by atoms with Gasteiger partial charge < -0.3 is 14.4 Å². The number of fused-ring (bicyclic) bond motifs is 1. The number of carbonyl (C=O) groups excluding carboxylic acids is 1. The SMILES string of the molecule is CC(=O)C[C@@H](C)c1ccc(OC2CN(c3ccc4ccccc4n3)C2)cc1. The van der Waals surface area contributed by atoms with Crippen LogP contribution >= 0.6 is 0 Å². The van der Waals surface area contributed by atoms with Crippen molar-refractivity contribution in [2.45, 2.75) is 32.3 Å². The van der Waals surface area contributed by atoms with Gasteiger partial charge in [0.2, 0.25) is 0 Å². The molecule has 0 amide bonds. The van der Waals surface area contributed by atoms with Crippen LogP contribution in [-0.4, -0.2) is 30.0 Å². The summed E-state index contributed by atoms with van der Waals surface area (Å²) in [4.78, 5) is 18.2. The van der Waals surface area contributed by atoms with E-state index in [1.165, 1.54) is 5.56 Å². The Labute approximate surface area is 159 Å². The fourth-order valence-corrected chi connectivity index (χ4v) is 3.55. The molecule has 4 heteroatoms. The van der Waals surface area contributed by atoms with E-state index in [2.05, 4.69) is 42.2 Å². The molecule has 1 aromatic heterocycles. The van der Waals surface area contributed by atoms with Gasteiger partial charge in [0, 0.05) is 11.8 Å². The molecule has 27 heavy (non-hydrogen) atoms. The number of pyridine rings is 1. The van der Waals surface area contributed by atoms with Crippen LogP contribution in [0.15, 0.2) is 60.7 Å². The van der Waals surface area contributed by atoms with Crippen LogP contribution in [0.5, 0.6) is 5.75 Å². The molecule has 4 rings (SSSR count). The summed E-state index contributed by atoms with van der Waals surface area (Å²) >= 11 is 0. The Bertz CT molecular complexity index is 946. The summed E-state index contributed by atoms with van der Waals surface area (Å²) in [5, 5.41) is 1.16. The molecule has 2 aromatic carbocycles. The minimum absolute atomic E-state index is 0.179. The van der Waals surface area contributed by atoms with Crippen LogP contribution < -0.4 is 9.64 Å². The van der Waals surface area contributed by atoms with E-state index in [0.717, 1.165) is 35.6 Å². The van der Waals surface area contributed by atoms with E-state index in [0.29, 0.717) is 6.42 Å². The van der Waals surface area contributed by atoms with Gasteiger partial charge in [-0.3, -0.25) is 0 Å². The molecule has 0 N–H and O–H groups in total. The zero-order valence-corrected chi connectivity index (χ0v) is 15.8. The van der Waals surface area contributed by atoms with E-state index in [4.69, 9.17) is 9.72 Å². The maximum absolute atomic E-state index is 11.3. The number of Topliss-reactive ketones (excluding diaryl/α,β-unsaturated/α-hetero) is 1. The molecule has 1 saturated heterocycles. The van der Waals surface area contributed by atoms with Crippen LogP contribution in [0.25, 0.3) is 10.9 Å². The van der Waals surface area contributed by atoms with Crippen LogP contribution in [0, 0.1) is 0 Å². The molecule has 1 aliphatic rings. The van der Waals surface area contributed by atoms with E-state index >= 15 is 0 Å². The average Bonchev–Trinajstić information content (AvgIpc) is 2.64. The first-order valence-electron chi connectivity index (χ1n) is 9.45. The van der Waals surface area contributed by atoms with Crippen molar-refractivity contribution in [3.8, 4) is 5.75 Å². The number of anilines is 1. The molecule has 0 spiro atoms. The molecule has 1 fully saturated rings. The highest BCUT2D eigenvalue weighted by molar-refractivity contribution is 5.80. The summed E-state index contributed by atoms with van der Waals surface area (Å²) in [7, 11) is 0. The number of ether oxygens (including phenoxy) is 1. The number of hydrogen-bond acceptors (Lipinski definition) is 4. The molecule has 4 nitrogen and oxygen atoms in total. The minimum atomic E-state index is 0.179. The number of benzene rings is 2. The second kappa shape index (κ2) is 7.39. The maximum Gasteiger partial charge on any atom is 0.134 e. The highest BCUT2D eigenvalue weighted by atomic mass is 16.5. The monoisotopic (exact) mass is 360 g/mol. The zero-order valence-electron chi connectivity index (χ0n) is 15.8. The first kappa shape index (κ1) is 17.5. The van der Waals surface area contributed by atoms with E-state index in [1.807, 2.05) is 30.3 Å². The lowest BCUT2D eigenvalue weighted by atomic mass is 9.96. The number of aromatic nitrogens is 1. The fourth-order valence-electron chi connectivity index (χ4n) is 3.55. The normalized spacial score (nSPS) is 15.4. The molecule has 3 aromatic rings. The van der Waals surface area contributed by atoms with Crippen LogP contribution in [0.4, 0.5) is 5.82 Å². The molecule has 1 atom stereocenters. The third-order valence-electron chi connectivity index (χ3n) is 5.10. The summed E-state index contributed by atoms with van der Waals surface area (Å²) < 4.78 is 6.07. The Morgan fingerprint density at radius 3 is 2.59 bits per heavy atom. The fraction of sp³-hybridized carbons (Fsp3) is 0.304. The number of para-hydroxylation sites is 1. The van der Waals surface area contributed by atoms with Gasteiger partial charge in [0.1, 0.15) is 23.5 Å². The molecule has 1 aliphatic heterocycles. The summed E-state index contributed by atoms with van der Waals surface area (Å²) in [5.74, 6) is 2.35. The maximum atomic E-state index is 11.3. The highest BCUT2D eigenvalue weighted by Crippen LogP contribution is 2.26. The number of rotatable bonds is 6. The number of ketones is 1. The predicted molar refractivity (Wildman–Crippen MR) is 109 cm³/mol. The number of carbonyl (C=O) groups is 1. The van der Waals surface area contributed by atoms with Gasteiger partial charge in [0.05, 0.1) is 18.6 Å². The summed E-state index contributed by atoms with van der Waals surface area (Å²) in [5.41, 5.74) is 2.20. The molecule has 0 aliphatic carbocycles. The lowest BCUT2D eigenvalue weighted by Gasteiger charge is -2.39. The molecule has 0 unspecified atom stereocenters. The Balaban J connectivity index is 1.33. The van der Waals surface area contributed by atoms with Crippen LogP contribution in [0.3, 0.4) is 0 Å². The van der Waals surface area contributed by atoms with Crippen molar-refractivity contribution in [1.29, 1.82) is 0 Å². The standard InChI is InChI=1S/C23H24N2O2/c1-16(13-17(2)26)18-7-10-20(11-8-18)27-21-14-25(15-21)23-12-9-19-5-3-4-6-22(19)24-23/h3-12,16,21H,13-15H2,1-2H3/t16-/m1/s1. The highest BCUT2D eigenvalue weighted by Gasteiger charge is 2.29. The van der Waals surface area contributed by atoms with Crippen molar-refractivity contribution in [1.82, 2.24) is 4.98 Å². The second-order valence-electron chi connectivity index (χ2n) is 7.38. The number of nitrogens with zero attached hydrogens (tertiary/aromatic N) is 2. The predicted octanol–water partition coefficient (Wildman–Crippen LogP) is 4.59. The quantitative estimate of drug-likeness (QED) is 0.645. The zero-order chi connectivity index (χ0) is 18.8.